The van der Waals surface area contributed by atoms with Crippen LogP contribution in [0.1, 0.15) is 22.2 Å². The number of nitrogens with one attached hydrogen (secondary N) is 1. The molecule has 1 N–H and O–H groups in total. The first kappa shape index (κ1) is 20.9. The molecule has 0 aliphatic carbocycles. The molecule has 1 aromatic heterocycles. The van der Waals surface area contributed by atoms with Crippen molar-refractivity contribution in [2.45, 2.75) is 6.92 Å². The molecule has 1 heterocycles. The summed E-state index contributed by atoms with van der Waals surface area (Å²) in [7, 11) is 0. The summed E-state index contributed by atoms with van der Waals surface area (Å²) >= 11 is 5.66. The van der Waals surface area contributed by atoms with E-state index in [1.807, 2.05) is 19.1 Å². The van der Waals surface area contributed by atoms with Crippen molar-refractivity contribution in [3.05, 3.63) is 64.1 Å². The highest BCUT2D eigenvalue weighted by molar-refractivity contribution is 14.1. The Bertz CT molecular complexity index is 1070. The molecule has 3 rings (SSSR count). The lowest BCUT2D eigenvalue weighted by atomic mass is 10.2. The van der Waals surface area contributed by atoms with Gasteiger partial charge in [-0.05, 0) is 81.9 Å². The van der Waals surface area contributed by atoms with E-state index in [4.69, 9.17) is 4.74 Å². The van der Waals surface area contributed by atoms with Gasteiger partial charge in [-0.15, -0.1) is 11.3 Å². The number of benzene rings is 2. The molecular weight excluding hydrogens is 608 g/mol. The van der Waals surface area contributed by atoms with Gasteiger partial charge in [0.05, 0.1) is 29.8 Å². The fourth-order valence-electron chi connectivity index (χ4n) is 2.41. The number of non-ortho nitro benzene ring substituents is 1. The Kier molecular flexibility index (Phi) is 6.82. The Balaban J connectivity index is 1.73. The second-order valence-corrected chi connectivity index (χ2v) is 8.94. The Labute approximate surface area is 191 Å². The predicted molar refractivity (Wildman–Crippen MR) is 127 cm³/mol. The van der Waals surface area contributed by atoms with Gasteiger partial charge in [0, 0.05) is 22.2 Å². The van der Waals surface area contributed by atoms with Crippen LogP contribution >= 0.6 is 56.5 Å². The zero-order valence-electron chi connectivity index (χ0n) is 14.4. The zero-order chi connectivity index (χ0) is 20.3. The number of carbonyl (C=O) groups is 1. The highest BCUT2D eigenvalue weighted by Crippen LogP contribution is 2.29. The number of nitro benzene ring substituents is 1. The van der Waals surface area contributed by atoms with Crippen LogP contribution in [0.3, 0.4) is 0 Å². The molecule has 0 spiro atoms. The molecule has 0 radical (unpaired) electrons. The first-order valence-corrected chi connectivity index (χ1v) is 11.0. The SMILES string of the molecule is CCOc1c(I)cc(/C=N\NC(=O)c2cc3cc([N+](=O)[O-])ccc3s2)cc1I. The number of rotatable bonds is 6. The summed E-state index contributed by atoms with van der Waals surface area (Å²) in [6.07, 6.45) is 1.57. The monoisotopic (exact) mass is 621 g/mol. The Morgan fingerprint density at radius 2 is 2.00 bits per heavy atom. The van der Waals surface area contributed by atoms with E-state index in [1.54, 1.807) is 18.3 Å². The van der Waals surface area contributed by atoms with E-state index in [-0.39, 0.29) is 11.6 Å². The molecule has 0 saturated heterocycles. The molecule has 0 atom stereocenters. The lowest BCUT2D eigenvalue weighted by Gasteiger charge is -2.09. The molecule has 7 nitrogen and oxygen atoms in total. The second-order valence-electron chi connectivity index (χ2n) is 5.54. The molecule has 1 amide bonds. The molecule has 0 bridgehead atoms. The molecule has 0 saturated carbocycles. The van der Waals surface area contributed by atoms with Crippen molar-refractivity contribution >= 4 is 84.4 Å². The molecule has 144 valence electrons. The molecule has 2 aromatic carbocycles. The molecule has 0 unspecified atom stereocenters. The standard InChI is InChI=1S/C18H13I2N3O4S/c1-2-27-17-13(19)5-10(6-14(17)20)9-21-22-18(24)16-8-11-7-12(23(25)26)3-4-15(11)28-16/h3-9H,2H2,1H3,(H,22,24)/b21-9-. The van der Waals surface area contributed by atoms with E-state index in [1.165, 1.54) is 23.5 Å². The van der Waals surface area contributed by atoms with Gasteiger partial charge in [-0.3, -0.25) is 14.9 Å². The summed E-state index contributed by atoms with van der Waals surface area (Å²) in [6.45, 7) is 2.52. The number of fused-ring (bicyclic) bond motifs is 1. The van der Waals surface area contributed by atoms with Crippen LogP contribution in [0, 0.1) is 17.3 Å². The lowest BCUT2D eigenvalue weighted by Crippen LogP contribution is -2.16. The first-order valence-electron chi connectivity index (χ1n) is 8.02. The summed E-state index contributed by atoms with van der Waals surface area (Å²) in [4.78, 5) is 23.2. The van der Waals surface area contributed by atoms with Gasteiger partial charge in [0.25, 0.3) is 11.6 Å². The first-order chi connectivity index (χ1) is 13.4. The molecule has 28 heavy (non-hydrogen) atoms. The minimum absolute atomic E-state index is 0.00464. The van der Waals surface area contributed by atoms with E-state index in [0.29, 0.717) is 16.9 Å². The number of nitro groups is 1. The van der Waals surface area contributed by atoms with Gasteiger partial charge in [0.2, 0.25) is 0 Å². The third kappa shape index (κ3) is 4.78. The molecule has 0 aliphatic heterocycles. The topological polar surface area (TPSA) is 93.8 Å². The lowest BCUT2D eigenvalue weighted by molar-refractivity contribution is -0.384. The van der Waals surface area contributed by atoms with Crippen LogP contribution in [0.5, 0.6) is 5.75 Å². The third-order valence-electron chi connectivity index (χ3n) is 3.62. The quantitative estimate of drug-likeness (QED) is 0.178. The van der Waals surface area contributed by atoms with Crippen LogP contribution < -0.4 is 10.2 Å². The smallest absolute Gasteiger partial charge is 0.281 e. The summed E-state index contributed by atoms with van der Waals surface area (Å²) in [5, 5.41) is 15.5. The van der Waals surface area contributed by atoms with Gasteiger partial charge in [-0.2, -0.15) is 5.10 Å². The van der Waals surface area contributed by atoms with Crippen LogP contribution in [0.15, 0.2) is 41.5 Å². The zero-order valence-corrected chi connectivity index (χ0v) is 19.6. The van der Waals surface area contributed by atoms with Crippen molar-refractivity contribution in [1.29, 1.82) is 0 Å². The number of thiophene rings is 1. The van der Waals surface area contributed by atoms with Crippen LogP contribution in [0.2, 0.25) is 0 Å². The second kappa shape index (κ2) is 9.13. The van der Waals surface area contributed by atoms with E-state index in [0.717, 1.165) is 23.2 Å². The van der Waals surface area contributed by atoms with E-state index in [9.17, 15) is 14.9 Å². The number of hydrogen-bond acceptors (Lipinski definition) is 6. The average molecular weight is 621 g/mol. The van der Waals surface area contributed by atoms with Crippen molar-refractivity contribution in [2.75, 3.05) is 6.61 Å². The highest BCUT2D eigenvalue weighted by atomic mass is 127. The summed E-state index contributed by atoms with van der Waals surface area (Å²) < 4.78 is 8.33. The van der Waals surface area contributed by atoms with Gasteiger partial charge in [0.15, 0.2) is 0 Å². The van der Waals surface area contributed by atoms with Crippen molar-refractivity contribution in [3.63, 3.8) is 0 Å². The number of carbonyl (C=O) groups excluding carboxylic acids is 1. The van der Waals surface area contributed by atoms with Crippen molar-refractivity contribution in [2.24, 2.45) is 5.10 Å². The summed E-state index contributed by atoms with van der Waals surface area (Å²) in [5.41, 5.74) is 3.33. The Morgan fingerprint density at radius 1 is 1.29 bits per heavy atom. The van der Waals surface area contributed by atoms with Gasteiger partial charge >= 0.3 is 0 Å². The number of nitrogens with zero attached hydrogens (tertiary/aromatic N) is 2. The van der Waals surface area contributed by atoms with E-state index < -0.39 is 4.92 Å². The van der Waals surface area contributed by atoms with Crippen molar-refractivity contribution in [3.8, 4) is 5.75 Å². The number of amides is 1. The minimum Gasteiger partial charge on any atom is -0.492 e. The third-order valence-corrected chi connectivity index (χ3v) is 6.34. The number of halogens is 2. The molecule has 0 fully saturated rings. The van der Waals surface area contributed by atoms with Crippen molar-refractivity contribution < 1.29 is 14.5 Å². The van der Waals surface area contributed by atoms with Crippen LogP contribution in [0.25, 0.3) is 10.1 Å². The van der Waals surface area contributed by atoms with Gasteiger partial charge in [0.1, 0.15) is 5.75 Å². The van der Waals surface area contributed by atoms with Crippen LogP contribution in [-0.4, -0.2) is 23.7 Å². The number of hydrazone groups is 1. The van der Waals surface area contributed by atoms with Gasteiger partial charge < -0.3 is 4.74 Å². The molecular formula is C18H13I2N3O4S. The van der Waals surface area contributed by atoms with Gasteiger partial charge in [-0.25, -0.2) is 5.43 Å². The normalized spacial score (nSPS) is 11.1. The molecule has 3 aromatic rings. The Hall–Kier alpha value is -1.80. The summed E-state index contributed by atoms with van der Waals surface area (Å²) in [5.74, 6) is 0.472. The van der Waals surface area contributed by atoms with Gasteiger partial charge in [-0.1, -0.05) is 0 Å². The fourth-order valence-corrected chi connectivity index (χ4v) is 5.47. The fraction of sp³-hybridized carbons (Fsp3) is 0.111. The van der Waals surface area contributed by atoms with Crippen LogP contribution in [-0.2, 0) is 0 Å². The summed E-state index contributed by atoms with van der Waals surface area (Å²) in [6, 6.07) is 9.98. The maximum absolute atomic E-state index is 12.3. The highest BCUT2D eigenvalue weighted by Gasteiger charge is 2.13. The van der Waals surface area contributed by atoms with Crippen molar-refractivity contribution in [1.82, 2.24) is 5.43 Å². The molecule has 10 heteroatoms. The maximum Gasteiger partial charge on any atom is 0.281 e. The number of ether oxygens (including phenoxy) is 1. The largest absolute Gasteiger partial charge is 0.492 e. The maximum atomic E-state index is 12.3. The van der Waals surface area contributed by atoms with E-state index >= 15 is 0 Å². The average Bonchev–Trinajstić information content (AvgIpc) is 3.08. The van der Waals surface area contributed by atoms with Crippen LogP contribution in [0.4, 0.5) is 5.69 Å². The predicted octanol–water partition coefficient (Wildman–Crippen LogP) is 5.18. The molecule has 0 aliphatic rings. The number of hydrogen-bond donors (Lipinski definition) is 1. The minimum atomic E-state index is -0.458. The Morgan fingerprint density at radius 3 is 2.64 bits per heavy atom. The van der Waals surface area contributed by atoms with E-state index in [2.05, 4.69) is 55.7 Å².